The highest BCUT2D eigenvalue weighted by atomic mass is 35.5. The van der Waals surface area contributed by atoms with Crippen molar-refractivity contribution in [2.75, 3.05) is 0 Å². The maximum Gasteiger partial charge on any atom is 0.340 e. The molecule has 6 rings (SSSR count). The van der Waals surface area contributed by atoms with Gasteiger partial charge >= 0.3 is 11.9 Å². The third-order valence-corrected chi connectivity index (χ3v) is 6.87. The van der Waals surface area contributed by atoms with Gasteiger partial charge in [0, 0.05) is 34.6 Å². The van der Waals surface area contributed by atoms with Crippen LogP contribution in [0.15, 0.2) is 60.7 Å². The number of carboxylic acid groups (broad SMARTS) is 1. The number of esters is 1. The van der Waals surface area contributed by atoms with Gasteiger partial charge < -0.3 is 24.8 Å². The molecule has 0 fully saturated rings. The van der Waals surface area contributed by atoms with Gasteiger partial charge in [0.1, 0.15) is 23.0 Å². The van der Waals surface area contributed by atoms with E-state index in [0.717, 1.165) is 0 Å². The molecule has 8 heteroatoms. The van der Waals surface area contributed by atoms with Gasteiger partial charge in [-0.1, -0.05) is 49.7 Å². The van der Waals surface area contributed by atoms with Crippen LogP contribution in [0.3, 0.4) is 0 Å². The minimum Gasteiger partial charge on any atom is -0.508 e. The number of aliphatic carboxylic acids is 1. The Morgan fingerprint density at radius 2 is 1.70 bits per heavy atom. The molecule has 0 saturated carbocycles. The Morgan fingerprint density at radius 1 is 0.946 bits per heavy atom. The summed E-state index contributed by atoms with van der Waals surface area (Å²) in [6, 6.07) is 16.7. The highest BCUT2D eigenvalue weighted by Gasteiger charge is 2.54. The van der Waals surface area contributed by atoms with Gasteiger partial charge in [0.2, 0.25) is 0 Å². The molecule has 0 amide bonds. The summed E-state index contributed by atoms with van der Waals surface area (Å²) in [7, 11) is 0. The van der Waals surface area contributed by atoms with Crippen LogP contribution in [0.2, 0.25) is 5.02 Å². The normalized spacial score (nSPS) is 16.7. The first kappa shape index (κ1) is 24.5. The van der Waals surface area contributed by atoms with E-state index >= 15 is 0 Å². The van der Waals surface area contributed by atoms with Crippen LogP contribution in [0, 0.1) is 0 Å². The lowest BCUT2D eigenvalue weighted by molar-refractivity contribution is -0.136. The van der Waals surface area contributed by atoms with Crippen molar-refractivity contribution in [1.82, 2.24) is 0 Å². The number of carbonyl (C=O) groups excluding carboxylic acids is 1. The zero-order valence-corrected chi connectivity index (χ0v) is 20.8. The van der Waals surface area contributed by atoms with Crippen LogP contribution in [-0.2, 0) is 21.6 Å². The molecule has 0 saturated heterocycles. The molecule has 3 N–H and O–H groups in total. The molecule has 7 nitrogen and oxygen atoms in total. The molecule has 1 spiro atoms. The number of phenolic OH excluding ortho intramolecular Hbond substituents is 2. The first-order valence-electron chi connectivity index (χ1n) is 11.8. The van der Waals surface area contributed by atoms with Crippen LogP contribution < -0.4 is 4.74 Å². The average molecular weight is 519 g/mol. The van der Waals surface area contributed by atoms with Crippen molar-refractivity contribution in [2.24, 2.45) is 0 Å². The number of benzene rings is 4. The van der Waals surface area contributed by atoms with E-state index in [9.17, 15) is 19.8 Å². The molecule has 0 aromatic heterocycles. The molecular weight excluding hydrogens is 496 g/mol. The van der Waals surface area contributed by atoms with Crippen molar-refractivity contribution in [3.63, 3.8) is 0 Å². The van der Waals surface area contributed by atoms with Crippen LogP contribution >= 0.6 is 11.6 Å². The highest BCUT2D eigenvalue weighted by molar-refractivity contribution is 6.33. The Kier molecular flexibility index (Phi) is 5.96. The van der Waals surface area contributed by atoms with E-state index in [1.54, 1.807) is 48.5 Å². The zero-order valence-electron chi connectivity index (χ0n) is 20.0. The summed E-state index contributed by atoms with van der Waals surface area (Å²) in [5.74, 6) is -1.08. The number of carbonyl (C=O) groups is 2. The number of rotatable bonds is 3. The summed E-state index contributed by atoms with van der Waals surface area (Å²) in [5.41, 5.74) is 1.04. The molecule has 1 unspecified atom stereocenters. The fraction of sp³-hybridized carbons (Fsp3) is 0.172. The van der Waals surface area contributed by atoms with E-state index < -0.39 is 17.5 Å². The minimum atomic E-state index is -1.39. The Balaban J connectivity index is 0.00000137. The number of ether oxygens (including phenoxy) is 2. The minimum absolute atomic E-state index is 0.0802. The molecule has 2 heterocycles. The van der Waals surface area contributed by atoms with Gasteiger partial charge in [-0.25, -0.2) is 4.79 Å². The third kappa shape index (κ3) is 3.65. The van der Waals surface area contributed by atoms with E-state index in [0.29, 0.717) is 44.3 Å². The maximum absolute atomic E-state index is 13.0. The average Bonchev–Trinajstić information content (AvgIpc) is 3.18. The van der Waals surface area contributed by atoms with Gasteiger partial charge in [-0.15, -0.1) is 0 Å². The number of aryl methyl sites for hydroxylation is 1. The quantitative estimate of drug-likeness (QED) is 0.265. The predicted octanol–water partition coefficient (Wildman–Crippen LogP) is 6.52. The largest absolute Gasteiger partial charge is 0.508 e. The second kappa shape index (κ2) is 9.01. The van der Waals surface area contributed by atoms with Gasteiger partial charge in [0.25, 0.3) is 0 Å². The number of phenols is 2. The fourth-order valence-electron chi connectivity index (χ4n) is 4.98. The standard InChI is InChI=1S/C27H17ClO7.C2H6/c28-20-11-16-13(10-22(20)30)5-7-18-25(16)34-23-12-21(29)14(6-8-24(31)32)9-19(23)27(18)17-4-2-1-3-15(17)26(33)35-27;1-2/h1-5,7,9-12,29-30H,6,8H2,(H,31,32);1-2H3. The van der Waals surface area contributed by atoms with Crippen LogP contribution in [0.4, 0.5) is 0 Å². The lowest BCUT2D eigenvalue weighted by Crippen LogP contribution is -2.33. The molecule has 0 aliphatic carbocycles. The molecule has 4 aromatic carbocycles. The summed E-state index contributed by atoms with van der Waals surface area (Å²) in [6.07, 6.45) is -0.0978. The highest BCUT2D eigenvalue weighted by Crippen LogP contribution is 2.58. The summed E-state index contributed by atoms with van der Waals surface area (Å²) in [5, 5.41) is 31.3. The molecule has 1 atom stereocenters. The van der Waals surface area contributed by atoms with Crippen molar-refractivity contribution in [1.29, 1.82) is 0 Å². The van der Waals surface area contributed by atoms with Gasteiger partial charge in [-0.3, -0.25) is 4.79 Å². The fourth-order valence-corrected chi connectivity index (χ4v) is 5.14. The van der Waals surface area contributed by atoms with E-state index in [2.05, 4.69) is 0 Å². The SMILES string of the molecule is CC.O=C(O)CCc1cc2c(cc1O)Oc1c(ccc3cc(O)c(Cl)cc13)C21OC(=O)c2ccccc21. The first-order chi connectivity index (χ1) is 17.8. The molecule has 4 aromatic rings. The number of halogens is 1. The smallest absolute Gasteiger partial charge is 0.340 e. The van der Waals surface area contributed by atoms with Gasteiger partial charge in [0.15, 0.2) is 5.60 Å². The zero-order chi connectivity index (χ0) is 26.5. The van der Waals surface area contributed by atoms with Crippen molar-refractivity contribution in [3.8, 4) is 23.0 Å². The van der Waals surface area contributed by atoms with E-state index in [1.165, 1.54) is 12.1 Å². The van der Waals surface area contributed by atoms with Crippen LogP contribution in [-0.4, -0.2) is 27.3 Å². The predicted molar refractivity (Wildman–Crippen MR) is 138 cm³/mol. The Bertz CT molecular complexity index is 1590. The molecule has 2 aliphatic rings. The van der Waals surface area contributed by atoms with Crippen molar-refractivity contribution in [2.45, 2.75) is 32.3 Å². The van der Waals surface area contributed by atoms with Crippen LogP contribution in [0.1, 0.15) is 52.9 Å². The van der Waals surface area contributed by atoms with Crippen molar-refractivity contribution < 1.29 is 34.4 Å². The Morgan fingerprint density at radius 3 is 2.46 bits per heavy atom. The number of fused-ring (bicyclic) bond motifs is 8. The van der Waals surface area contributed by atoms with E-state index in [1.807, 2.05) is 13.8 Å². The Labute approximate surface area is 217 Å². The van der Waals surface area contributed by atoms with Gasteiger partial charge in [-0.2, -0.15) is 0 Å². The molecule has 0 radical (unpaired) electrons. The van der Waals surface area contributed by atoms with Crippen LogP contribution in [0.25, 0.3) is 10.8 Å². The van der Waals surface area contributed by atoms with Crippen molar-refractivity contribution >= 4 is 34.3 Å². The lowest BCUT2D eigenvalue weighted by Gasteiger charge is -2.37. The Hall–Kier alpha value is -4.23. The van der Waals surface area contributed by atoms with Crippen LogP contribution in [0.5, 0.6) is 23.0 Å². The second-order valence-electron chi connectivity index (χ2n) is 8.56. The van der Waals surface area contributed by atoms with Crippen molar-refractivity contribution in [3.05, 3.63) is 93.5 Å². The maximum atomic E-state index is 13.0. The number of carboxylic acids is 1. The summed E-state index contributed by atoms with van der Waals surface area (Å²) in [4.78, 5) is 24.2. The monoisotopic (exact) mass is 518 g/mol. The number of aromatic hydroxyl groups is 2. The van der Waals surface area contributed by atoms with Gasteiger partial charge in [-0.05, 0) is 47.7 Å². The summed E-state index contributed by atoms with van der Waals surface area (Å²) >= 11 is 6.21. The molecule has 2 aliphatic heterocycles. The molecule has 37 heavy (non-hydrogen) atoms. The van der Waals surface area contributed by atoms with Gasteiger partial charge in [0.05, 0.1) is 10.6 Å². The first-order valence-corrected chi connectivity index (χ1v) is 12.2. The van der Waals surface area contributed by atoms with E-state index in [4.69, 9.17) is 26.2 Å². The lowest BCUT2D eigenvalue weighted by atomic mass is 9.76. The topological polar surface area (TPSA) is 113 Å². The molecular formula is C29H23ClO7. The molecule has 0 bridgehead atoms. The number of hydrogen-bond donors (Lipinski definition) is 3. The third-order valence-electron chi connectivity index (χ3n) is 6.57. The summed E-state index contributed by atoms with van der Waals surface area (Å²) < 4.78 is 12.4. The second-order valence-corrected chi connectivity index (χ2v) is 8.96. The molecule has 188 valence electrons. The van der Waals surface area contributed by atoms with E-state index in [-0.39, 0.29) is 35.1 Å². The number of hydrogen-bond acceptors (Lipinski definition) is 6. The summed E-state index contributed by atoms with van der Waals surface area (Å²) in [6.45, 7) is 4.00.